The van der Waals surface area contributed by atoms with Gasteiger partial charge in [0.05, 0.1) is 0 Å². The summed E-state index contributed by atoms with van der Waals surface area (Å²) in [6, 6.07) is 0. The molecule has 13 heavy (non-hydrogen) atoms. The molecule has 0 saturated carbocycles. The van der Waals surface area contributed by atoms with Crippen LogP contribution in [-0.4, -0.2) is 11.5 Å². The van der Waals surface area contributed by atoms with Crippen molar-refractivity contribution in [2.45, 2.75) is 40.0 Å². The molecule has 74 valence electrons. The van der Waals surface area contributed by atoms with Gasteiger partial charge in [-0.1, -0.05) is 20.8 Å². The fraction of sp³-hybridized carbons (Fsp3) is 0.800. The Morgan fingerprint density at radius 1 is 1.38 bits per heavy atom. The average Bonchev–Trinajstić information content (AvgIpc) is 2.13. The van der Waals surface area contributed by atoms with Gasteiger partial charge in [0.1, 0.15) is 5.84 Å². The van der Waals surface area contributed by atoms with E-state index < -0.39 is 0 Å². The minimum atomic E-state index is 0.369. The molecule has 1 aliphatic rings. The zero-order valence-electron chi connectivity index (χ0n) is 8.75. The minimum absolute atomic E-state index is 0.369. The fourth-order valence-corrected chi connectivity index (χ4v) is 1.69. The maximum absolute atomic E-state index is 5.67. The second-order valence-corrected chi connectivity index (χ2v) is 3.73. The molecular weight excluding hydrogens is 162 g/mol. The van der Waals surface area contributed by atoms with Crippen LogP contribution in [0.1, 0.15) is 40.0 Å². The summed E-state index contributed by atoms with van der Waals surface area (Å²) in [7, 11) is 0. The second kappa shape index (κ2) is 4.40. The van der Waals surface area contributed by atoms with E-state index >= 15 is 0 Å². The topological polar surface area (TPSA) is 50.7 Å². The van der Waals surface area contributed by atoms with Crippen LogP contribution in [0.15, 0.2) is 10.2 Å². The lowest BCUT2D eigenvalue weighted by atomic mass is 9.90. The van der Waals surface area contributed by atoms with Gasteiger partial charge in [-0.15, -0.1) is 5.10 Å². The number of amidine groups is 1. The lowest BCUT2D eigenvalue weighted by Crippen LogP contribution is -2.29. The fourth-order valence-electron chi connectivity index (χ4n) is 1.69. The minimum Gasteiger partial charge on any atom is -0.385 e. The van der Waals surface area contributed by atoms with Crippen molar-refractivity contribution in [2.24, 2.45) is 27.8 Å². The van der Waals surface area contributed by atoms with Gasteiger partial charge in [-0.25, -0.2) is 0 Å². The number of nitrogens with two attached hydrogens (primary N) is 1. The van der Waals surface area contributed by atoms with Gasteiger partial charge < -0.3 is 5.73 Å². The molecule has 1 unspecified atom stereocenters. The van der Waals surface area contributed by atoms with Gasteiger partial charge in [0, 0.05) is 11.6 Å². The molecule has 1 rings (SSSR count). The van der Waals surface area contributed by atoms with Crippen molar-refractivity contribution in [2.75, 3.05) is 0 Å². The Kier molecular flexibility index (Phi) is 3.46. The molecule has 0 saturated heterocycles. The SMILES string of the molecule is CCC(CC)C1=NN=C(N)C(C)C1. The summed E-state index contributed by atoms with van der Waals surface area (Å²) in [5.41, 5.74) is 6.89. The summed E-state index contributed by atoms with van der Waals surface area (Å²) in [5.74, 6) is 1.64. The van der Waals surface area contributed by atoms with Crippen molar-refractivity contribution in [1.82, 2.24) is 0 Å². The van der Waals surface area contributed by atoms with Gasteiger partial charge in [0.15, 0.2) is 0 Å². The predicted octanol–water partition coefficient (Wildman–Crippen LogP) is 2.18. The van der Waals surface area contributed by atoms with Crippen molar-refractivity contribution < 1.29 is 0 Å². The molecule has 2 N–H and O–H groups in total. The third kappa shape index (κ3) is 2.29. The first-order chi connectivity index (χ1) is 6.19. The highest BCUT2D eigenvalue weighted by Gasteiger charge is 2.20. The molecule has 0 aromatic carbocycles. The van der Waals surface area contributed by atoms with Crippen LogP contribution in [0.25, 0.3) is 0 Å². The molecule has 3 heteroatoms. The molecule has 0 bridgehead atoms. The Bertz CT molecular complexity index is 226. The highest BCUT2D eigenvalue weighted by atomic mass is 15.2. The Balaban J connectivity index is 2.72. The van der Waals surface area contributed by atoms with E-state index in [1.165, 1.54) is 5.71 Å². The third-order valence-corrected chi connectivity index (χ3v) is 2.77. The Labute approximate surface area is 80.1 Å². The lowest BCUT2D eigenvalue weighted by molar-refractivity contribution is 0.608. The first-order valence-electron chi connectivity index (χ1n) is 5.08. The van der Waals surface area contributed by atoms with E-state index in [2.05, 4.69) is 31.0 Å². The van der Waals surface area contributed by atoms with Crippen LogP contribution in [0.3, 0.4) is 0 Å². The summed E-state index contributed by atoms with van der Waals surface area (Å²) >= 11 is 0. The van der Waals surface area contributed by atoms with Crippen LogP contribution in [0, 0.1) is 11.8 Å². The molecule has 0 fully saturated rings. The molecule has 0 spiro atoms. The zero-order chi connectivity index (χ0) is 9.84. The highest BCUT2D eigenvalue weighted by Crippen LogP contribution is 2.19. The molecule has 1 aliphatic heterocycles. The van der Waals surface area contributed by atoms with Crippen molar-refractivity contribution >= 4 is 11.5 Å². The van der Waals surface area contributed by atoms with E-state index in [0.29, 0.717) is 17.7 Å². The van der Waals surface area contributed by atoms with E-state index in [1.54, 1.807) is 0 Å². The smallest absolute Gasteiger partial charge is 0.125 e. The molecule has 0 amide bonds. The van der Waals surface area contributed by atoms with Gasteiger partial charge in [0.25, 0.3) is 0 Å². The number of rotatable bonds is 3. The van der Waals surface area contributed by atoms with Crippen LogP contribution in [0.5, 0.6) is 0 Å². The van der Waals surface area contributed by atoms with Crippen LogP contribution in [0.2, 0.25) is 0 Å². The normalized spacial score (nSPS) is 22.9. The average molecular weight is 181 g/mol. The molecule has 0 aromatic rings. The largest absolute Gasteiger partial charge is 0.385 e. The van der Waals surface area contributed by atoms with Crippen LogP contribution in [0.4, 0.5) is 0 Å². The van der Waals surface area contributed by atoms with Gasteiger partial charge in [-0.05, 0) is 25.2 Å². The highest BCUT2D eigenvalue weighted by molar-refractivity contribution is 5.95. The van der Waals surface area contributed by atoms with E-state index in [4.69, 9.17) is 5.73 Å². The molecular formula is C10H19N3. The summed E-state index contributed by atoms with van der Waals surface area (Å²) in [6.07, 6.45) is 3.29. The van der Waals surface area contributed by atoms with Gasteiger partial charge in [0.2, 0.25) is 0 Å². The summed E-state index contributed by atoms with van der Waals surface area (Å²) in [6.45, 7) is 6.50. The Hall–Kier alpha value is -0.860. The molecule has 0 aliphatic carbocycles. The van der Waals surface area contributed by atoms with Crippen molar-refractivity contribution in [3.8, 4) is 0 Å². The third-order valence-electron chi connectivity index (χ3n) is 2.77. The van der Waals surface area contributed by atoms with Crippen molar-refractivity contribution in [3.63, 3.8) is 0 Å². The van der Waals surface area contributed by atoms with E-state index in [-0.39, 0.29) is 0 Å². The Morgan fingerprint density at radius 3 is 2.46 bits per heavy atom. The lowest BCUT2D eigenvalue weighted by Gasteiger charge is -2.21. The molecule has 0 aromatic heterocycles. The second-order valence-electron chi connectivity index (χ2n) is 3.73. The molecule has 3 nitrogen and oxygen atoms in total. The molecule has 0 radical (unpaired) electrons. The maximum atomic E-state index is 5.67. The number of hydrogen-bond acceptors (Lipinski definition) is 3. The van der Waals surface area contributed by atoms with Crippen LogP contribution in [-0.2, 0) is 0 Å². The van der Waals surface area contributed by atoms with Crippen LogP contribution >= 0.6 is 0 Å². The number of hydrogen-bond donors (Lipinski definition) is 1. The quantitative estimate of drug-likeness (QED) is 0.712. The van der Waals surface area contributed by atoms with E-state index in [0.717, 1.165) is 19.3 Å². The number of nitrogens with zero attached hydrogens (tertiary/aromatic N) is 2. The first-order valence-corrected chi connectivity index (χ1v) is 5.08. The van der Waals surface area contributed by atoms with Crippen LogP contribution < -0.4 is 5.73 Å². The van der Waals surface area contributed by atoms with Gasteiger partial charge >= 0.3 is 0 Å². The van der Waals surface area contributed by atoms with E-state index in [1.807, 2.05) is 0 Å². The monoisotopic (exact) mass is 181 g/mol. The first kappa shape index (κ1) is 10.2. The Morgan fingerprint density at radius 2 is 2.00 bits per heavy atom. The van der Waals surface area contributed by atoms with Crippen molar-refractivity contribution in [1.29, 1.82) is 0 Å². The van der Waals surface area contributed by atoms with Gasteiger partial charge in [-0.3, -0.25) is 0 Å². The summed E-state index contributed by atoms with van der Waals surface area (Å²) in [4.78, 5) is 0. The van der Waals surface area contributed by atoms with Crippen molar-refractivity contribution in [3.05, 3.63) is 0 Å². The summed E-state index contributed by atoms with van der Waals surface area (Å²) in [5, 5.41) is 8.17. The standard InChI is InChI=1S/C10H19N3/c1-4-8(5-2)9-6-7(3)10(11)13-12-9/h7-8H,4-6H2,1-3H3,(H2,11,13). The van der Waals surface area contributed by atoms with Gasteiger partial charge in [-0.2, -0.15) is 5.10 Å². The summed E-state index contributed by atoms with van der Waals surface area (Å²) < 4.78 is 0. The maximum Gasteiger partial charge on any atom is 0.125 e. The zero-order valence-corrected chi connectivity index (χ0v) is 8.75. The van der Waals surface area contributed by atoms with E-state index in [9.17, 15) is 0 Å². The molecule has 1 atom stereocenters. The molecule has 1 heterocycles. The predicted molar refractivity (Wildman–Crippen MR) is 56.9 cm³/mol.